The van der Waals surface area contributed by atoms with E-state index in [-0.39, 0.29) is 0 Å². The van der Waals surface area contributed by atoms with Gasteiger partial charge in [-0.3, -0.25) is 0 Å². The largest absolute Gasteiger partial charge is 0.489 e. The summed E-state index contributed by atoms with van der Waals surface area (Å²) in [5.41, 5.74) is 5.43. The summed E-state index contributed by atoms with van der Waals surface area (Å²) in [7, 11) is 0. The maximum Gasteiger partial charge on any atom is 0.119 e. The molecule has 0 aromatic heterocycles. The van der Waals surface area contributed by atoms with Crippen molar-refractivity contribution in [1.82, 2.24) is 0 Å². The lowest BCUT2D eigenvalue weighted by molar-refractivity contribution is 0.354. The van der Waals surface area contributed by atoms with E-state index in [9.17, 15) is 0 Å². The molecule has 2 aliphatic carbocycles. The fourth-order valence-corrected chi connectivity index (χ4v) is 3.26. The van der Waals surface area contributed by atoms with Gasteiger partial charge in [0.05, 0.1) is 0 Å². The molecule has 1 heteroatoms. The van der Waals surface area contributed by atoms with Crippen LogP contribution in [0.15, 0.2) is 83.5 Å². The Kier molecular flexibility index (Phi) is 8.21. The van der Waals surface area contributed by atoms with E-state index in [2.05, 4.69) is 80.6 Å². The first-order chi connectivity index (χ1) is 12.8. The van der Waals surface area contributed by atoms with E-state index in [1.54, 1.807) is 0 Å². The van der Waals surface area contributed by atoms with Crippen LogP contribution in [0.25, 0.3) is 0 Å². The van der Waals surface area contributed by atoms with Crippen molar-refractivity contribution in [3.8, 4) is 5.75 Å². The molecule has 0 heterocycles. The predicted molar refractivity (Wildman–Crippen MR) is 114 cm³/mol. The summed E-state index contributed by atoms with van der Waals surface area (Å²) in [6, 6.07) is 8.51. The van der Waals surface area contributed by atoms with E-state index in [0.717, 1.165) is 18.6 Å². The molecular formula is C25H32O. The van der Waals surface area contributed by atoms with Gasteiger partial charge >= 0.3 is 0 Å². The highest BCUT2D eigenvalue weighted by molar-refractivity contribution is 5.51. The molecular weight excluding hydrogens is 316 g/mol. The SMILES string of the molecule is CC.CCCc1ccc(OCC2=CC=CCC3=C2C=CC=CC3C)cc1. The van der Waals surface area contributed by atoms with E-state index in [1.165, 1.54) is 28.7 Å². The Bertz CT molecular complexity index is 711. The summed E-state index contributed by atoms with van der Waals surface area (Å²) in [4.78, 5) is 0. The van der Waals surface area contributed by atoms with Crippen LogP contribution in [0.5, 0.6) is 5.75 Å². The zero-order valence-electron chi connectivity index (χ0n) is 16.7. The lowest BCUT2D eigenvalue weighted by Crippen LogP contribution is -2.06. The van der Waals surface area contributed by atoms with Crippen molar-refractivity contribution in [2.45, 2.75) is 47.0 Å². The first kappa shape index (κ1) is 20.0. The number of hydrogen-bond acceptors (Lipinski definition) is 1. The summed E-state index contributed by atoms with van der Waals surface area (Å²) in [5, 5.41) is 0. The third-order valence-corrected chi connectivity index (χ3v) is 4.64. The third kappa shape index (κ3) is 5.36. The fraction of sp³-hybridized carbons (Fsp3) is 0.360. The van der Waals surface area contributed by atoms with Gasteiger partial charge in [0.15, 0.2) is 0 Å². The average Bonchev–Trinajstić information content (AvgIpc) is 2.99. The van der Waals surface area contributed by atoms with Crippen molar-refractivity contribution in [3.63, 3.8) is 0 Å². The molecule has 0 saturated heterocycles. The summed E-state index contributed by atoms with van der Waals surface area (Å²) in [6.45, 7) is 9.08. The van der Waals surface area contributed by atoms with Gasteiger partial charge in [-0.1, -0.05) is 94.4 Å². The van der Waals surface area contributed by atoms with Crippen LogP contribution in [0.2, 0.25) is 0 Å². The third-order valence-electron chi connectivity index (χ3n) is 4.64. The van der Waals surface area contributed by atoms with Gasteiger partial charge in [0.1, 0.15) is 12.4 Å². The van der Waals surface area contributed by atoms with Gasteiger partial charge in [-0.25, -0.2) is 0 Å². The Morgan fingerprint density at radius 3 is 2.54 bits per heavy atom. The Balaban J connectivity index is 0.00000117. The van der Waals surface area contributed by atoms with Crippen molar-refractivity contribution in [2.75, 3.05) is 6.61 Å². The van der Waals surface area contributed by atoms with Gasteiger partial charge < -0.3 is 4.74 Å². The maximum atomic E-state index is 6.07. The van der Waals surface area contributed by atoms with Gasteiger partial charge in [-0.15, -0.1) is 0 Å². The number of aryl methyl sites for hydroxylation is 1. The second-order valence-electron chi connectivity index (χ2n) is 6.48. The van der Waals surface area contributed by atoms with E-state index in [0.29, 0.717) is 12.5 Å². The predicted octanol–water partition coefficient (Wildman–Crippen LogP) is 6.99. The Hall–Kier alpha value is -2.28. The molecule has 0 fully saturated rings. The number of allylic oxidation sites excluding steroid dienone is 8. The van der Waals surface area contributed by atoms with E-state index in [1.807, 2.05) is 13.8 Å². The lowest BCUT2D eigenvalue weighted by atomic mass is 9.91. The molecule has 0 N–H and O–H groups in total. The van der Waals surface area contributed by atoms with Crippen molar-refractivity contribution >= 4 is 0 Å². The summed E-state index contributed by atoms with van der Waals surface area (Å²) >= 11 is 0. The molecule has 0 aliphatic heterocycles. The zero-order chi connectivity index (χ0) is 18.8. The molecule has 1 unspecified atom stereocenters. The van der Waals surface area contributed by atoms with Crippen LogP contribution < -0.4 is 4.74 Å². The molecule has 138 valence electrons. The molecule has 2 aliphatic rings. The molecule has 1 atom stereocenters. The van der Waals surface area contributed by atoms with Crippen LogP contribution >= 0.6 is 0 Å². The molecule has 1 nitrogen and oxygen atoms in total. The van der Waals surface area contributed by atoms with Crippen LogP contribution in [0.4, 0.5) is 0 Å². The minimum atomic E-state index is 0.467. The average molecular weight is 349 g/mol. The number of rotatable bonds is 5. The molecule has 3 rings (SSSR count). The first-order valence-corrected chi connectivity index (χ1v) is 9.93. The van der Waals surface area contributed by atoms with Gasteiger partial charge in [-0.05, 0) is 47.6 Å². The fourth-order valence-electron chi connectivity index (χ4n) is 3.26. The van der Waals surface area contributed by atoms with Crippen LogP contribution in [0.1, 0.15) is 46.1 Å². The normalized spacial score (nSPS) is 18.3. The van der Waals surface area contributed by atoms with Gasteiger partial charge in [0, 0.05) is 0 Å². The topological polar surface area (TPSA) is 9.23 Å². The monoisotopic (exact) mass is 348 g/mol. The molecule has 0 radical (unpaired) electrons. The van der Waals surface area contributed by atoms with Crippen LogP contribution in [-0.2, 0) is 6.42 Å². The maximum absolute atomic E-state index is 6.07. The smallest absolute Gasteiger partial charge is 0.119 e. The second kappa shape index (κ2) is 10.7. The minimum Gasteiger partial charge on any atom is -0.489 e. The van der Waals surface area contributed by atoms with Crippen molar-refractivity contribution in [3.05, 3.63) is 89.1 Å². The summed E-state index contributed by atoms with van der Waals surface area (Å²) in [6.07, 6.45) is 18.7. The Labute approximate surface area is 159 Å². The van der Waals surface area contributed by atoms with E-state index >= 15 is 0 Å². The molecule has 26 heavy (non-hydrogen) atoms. The minimum absolute atomic E-state index is 0.467. The molecule has 0 bridgehead atoms. The number of ether oxygens (including phenoxy) is 1. The molecule has 0 spiro atoms. The first-order valence-electron chi connectivity index (χ1n) is 9.93. The lowest BCUT2D eigenvalue weighted by Gasteiger charge is -2.17. The summed E-state index contributed by atoms with van der Waals surface area (Å²) in [5.74, 6) is 1.41. The molecule has 0 saturated carbocycles. The van der Waals surface area contributed by atoms with E-state index < -0.39 is 0 Å². The molecule has 1 aromatic carbocycles. The highest BCUT2D eigenvalue weighted by atomic mass is 16.5. The Morgan fingerprint density at radius 1 is 1.04 bits per heavy atom. The number of hydrogen-bond donors (Lipinski definition) is 0. The highest BCUT2D eigenvalue weighted by Crippen LogP contribution is 2.31. The van der Waals surface area contributed by atoms with Crippen LogP contribution in [-0.4, -0.2) is 6.61 Å². The highest BCUT2D eigenvalue weighted by Gasteiger charge is 2.16. The van der Waals surface area contributed by atoms with Gasteiger partial charge in [-0.2, -0.15) is 0 Å². The Morgan fingerprint density at radius 2 is 1.81 bits per heavy atom. The molecule has 0 amide bonds. The second-order valence-corrected chi connectivity index (χ2v) is 6.48. The zero-order valence-corrected chi connectivity index (χ0v) is 16.7. The van der Waals surface area contributed by atoms with Crippen LogP contribution in [0.3, 0.4) is 0 Å². The van der Waals surface area contributed by atoms with E-state index in [4.69, 9.17) is 4.74 Å². The summed E-state index contributed by atoms with van der Waals surface area (Å²) < 4.78 is 6.07. The quantitative estimate of drug-likeness (QED) is 0.557. The van der Waals surface area contributed by atoms with Crippen LogP contribution in [0, 0.1) is 5.92 Å². The van der Waals surface area contributed by atoms with Gasteiger partial charge in [0.25, 0.3) is 0 Å². The number of benzene rings is 1. The van der Waals surface area contributed by atoms with Crippen molar-refractivity contribution in [1.29, 1.82) is 0 Å². The van der Waals surface area contributed by atoms with Gasteiger partial charge in [0.2, 0.25) is 0 Å². The van der Waals surface area contributed by atoms with Crippen molar-refractivity contribution in [2.24, 2.45) is 5.92 Å². The van der Waals surface area contributed by atoms with Crippen molar-refractivity contribution < 1.29 is 4.74 Å². The molecule has 1 aromatic rings. The standard InChI is InChI=1S/C23H26O.C2H6/c1-3-8-19-13-15-21(16-14-19)24-17-20-10-5-7-11-22-18(2)9-4-6-12-23(20)22;1-2/h4-7,9-10,12-16,18H,3,8,11,17H2,1-2H3;1-2H3.